The second-order valence-electron chi connectivity index (χ2n) is 7.47. The van der Waals surface area contributed by atoms with Crippen molar-refractivity contribution in [2.24, 2.45) is 0 Å². The first-order chi connectivity index (χ1) is 16.0. The number of hydrogen-bond donors (Lipinski definition) is 1. The molecule has 0 bridgehead atoms. The van der Waals surface area contributed by atoms with E-state index >= 15 is 0 Å². The van der Waals surface area contributed by atoms with Crippen LogP contribution in [0.3, 0.4) is 0 Å². The molecule has 4 aromatic rings. The van der Waals surface area contributed by atoms with Gasteiger partial charge in [0.25, 0.3) is 0 Å². The molecule has 9 nitrogen and oxygen atoms in total. The molecule has 0 aliphatic heterocycles. The molecule has 170 valence electrons. The molecule has 0 atom stereocenters. The van der Waals surface area contributed by atoms with Crippen LogP contribution in [0.25, 0.3) is 16.8 Å². The van der Waals surface area contributed by atoms with Crippen LogP contribution in [0.15, 0.2) is 63.9 Å². The number of carbonyl (C=O) groups is 2. The van der Waals surface area contributed by atoms with Gasteiger partial charge in [-0.2, -0.15) is 5.10 Å². The van der Waals surface area contributed by atoms with E-state index in [9.17, 15) is 14.4 Å². The molecule has 2 aromatic heterocycles. The predicted octanol–water partition coefficient (Wildman–Crippen LogP) is 3.68. The van der Waals surface area contributed by atoms with Crippen molar-refractivity contribution in [1.82, 2.24) is 14.3 Å². The summed E-state index contributed by atoms with van der Waals surface area (Å²) in [6.45, 7) is 4.20. The molecule has 4 rings (SSSR count). The molecule has 0 saturated carbocycles. The average molecular weight is 448 g/mol. The van der Waals surface area contributed by atoms with Crippen LogP contribution in [0, 0.1) is 6.92 Å². The fourth-order valence-electron chi connectivity index (χ4n) is 3.64. The maximum absolute atomic E-state index is 12.5. The monoisotopic (exact) mass is 448 g/mol. The number of hydrogen-bond acceptors (Lipinski definition) is 6. The third kappa shape index (κ3) is 4.72. The topological polar surface area (TPSA) is 108 Å². The van der Waals surface area contributed by atoms with E-state index in [0.717, 1.165) is 0 Å². The highest BCUT2D eigenvalue weighted by Gasteiger charge is 2.16. The van der Waals surface area contributed by atoms with E-state index in [1.807, 2.05) is 18.2 Å². The van der Waals surface area contributed by atoms with Crippen molar-refractivity contribution in [2.45, 2.75) is 33.2 Å². The summed E-state index contributed by atoms with van der Waals surface area (Å²) in [5, 5.41) is 7.15. The quantitative estimate of drug-likeness (QED) is 0.412. The average Bonchev–Trinajstić information content (AvgIpc) is 3.33. The zero-order chi connectivity index (χ0) is 23.4. The van der Waals surface area contributed by atoms with Gasteiger partial charge in [0.05, 0.1) is 29.7 Å². The minimum Gasteiger partial charge on any atom is -0.462 e. The zero-order valence-corrected chi connectivity index (χ0v) is 18.4. The number of oxazole rings is 1. The van der Waals surface area contributed by atoms with Crippen molar-refractivity contribution in [3.8, 4) is 5.69 Å². The molecule has 0 spiro atoms. The van der Waals surface area contributed by atoms with Crippen LogP contribution in [0.1, 0.15) is 35.8 Å². The van der Waals surface area contributed by atoms with Crippen LogP contribution >= 0.6 is 0 Å². The smallest absolute Gasteiger partial charge is 0.419 e. The molecule has 0 unspecified atom stereocenters. The van der Waals surface area contributed by atoms with Crippen LogP contribution in [0.5, 0.6) is 0 Å². The molecule has 9 heteroatoms. The molecule has 0 radical (unpaired) electrons. The molecule has 0 saturated heterocycles. The van der Waals surface area contributed by atoms with E-state index in [0.29, 0.717) is 46.7 Å². The third-order valence-electron chi connectivity index (χ3n) is 5.24. The van der Waals surface area contributed by atoms with E-state index in [4.69, 9.17) is 9.15 Å². The summed E-state index contributed by atoms with van der Waals surface area (Å²) in [6.07, 6.45) is 2.19. The number of nitrogens with zero attached hydrogens (tertiary/aromatic N) is 3. The Morgan fingerprint density at radius 3 is 2.79 bits per heavy atom. The zero-order valence-electron chi connectivity index (χ0n) is 18.4. The first-order valence-electron chi connectivity index (χ1n) is 10.7. The Kier molecular flexibility index (Phi) is 6.39. The lowest BCUT2D eigenvalue weighted by Gasteiger charge is -2.09. The van der Waals surface area contributed by atoms with E-state index in [2.05, 4.69) is 10.4 Å². The second kappa shape index (κ2) is 9.56. The molecular weight excluding hydrogens is 424 g/mol. The van der Waals surface area contributed by atoms with Crippen LogP contribution < -0.4 is 11.1 Å². The highest BCUT2D eigenvalue weighted by Crippen LogP contribution is 2.19. The number of aryl methyl sites for hydroxylation is 1. The van der Waals surface area contributed by atoms with Gasteiger partial charge in [-0.1, -0.05) is 18.2 Å². The molecule has 1 amide bonds. The lowest BCUT2D eigenvalue weighted by Crippen LogP contribution is -2.17. The van der Waals surface area contributed by atoms with Gasteiger partial charge in [-0.05, 0) is 50.6 Å². The van der Waals surface area contributed by atoms with Gasteiger partial charge < -0.3 is 14.5 Å². The van der Waals surface area contributed by atoms with Gasteiger partial charge in [0.1, 0.15) is 5.56 Å². The number of nitrogens with one attached hydrogen (secondary N) is 1. The maximum Gasteiger partial charge on any atom is 0.419 e. The maximum atomic E-state index is 12.5. The number of amides is 1. The predicted molar refractivity (Wildman–Crippen MR) is 123 cm³/mol. The fourth-order valence-corrected chi connectivity index (χ4v) is 3.64. The van der Waals surface area contributed by atoms with Gasteiger partial charge in [0.15, 0.2) is 5.58 Å². The van der Waals surface area contributed by atoms with Crippen molar-refractivity contribution in [2.75, 3.05) is 11.9 Å². The number of anilines is 1. The Morgan fingerprint density at radius 2 is 1.97 bits per heavy atom. The Balaban J connectivity index is 1.39. The van der Waals surface area contributed by atoms with Crippen LogP contribution in [0.2, 0.25) is 0 Å². The summed E-state index contributed by atoms with van der Waals surface area (Å²) < 4.78 is 13.4. The molecule has 0 aliphatic carbocycles. The van der Waals surface area contributed by atoms with E-state index in [1.54, 1.807) is 48.9 Å². The Hall–Kier alpha value is -4.14. The Morgan fingerprint density at radius 1 is 1.15 bits per heavy atom. The van der Waals surface area contributed by atoms with Crippen LogP contribution in [0.4, 0.5) is 5.69 Å². The first-order valence-corrected chi connectivity index (χ1v) is 10.7. The first kappa shape index (κ1) is 22.1. The van der Waals surface area contributed by atoms with Gasteiger partial charge >= 0.3 is 11.7 Å². The van der Waals surface area contributed by atoms with Crippen molar-refractivity contribution >= 4 is 28.7 Å². The minimum absolute atomic E-state index is 0.169. The Labute approximate surface area is 189 Å². The summed E-state index contributed by atoms with van der Waals surface area (Å²) in [4.78, 5) is 36.5. The summed E-state index contributed by atoms with van der Waals surface area (Å²) in [5.41, 5.74) is 3.60. The molecule has 2 heterocycles. The lowest BCUT2D eigenvalue weighted by molar-refractivity contribution is -0.116. The number of rotatable bonds is 8. The van der Waals surface area contributed by atoms with Gasteiger partial charge in [0, 0.05) is 18.7 Å². The number of carbonyl (C=O) groups excluding carboxylic acids is 2. The lowest BCUT2D eigenvalue weighted by atomic mass is 10.2. The molecule has 33 heavy (non-hydrogen) atoms. The standard InChI is InChI=1S/C24H24N4O5/c1-3-32-23(30)19-15-25-28(16(19)2)18-9-6-8-17(14-18)26-22(29)12-7-13-27-20-10-4-5-11-21(20)33-24(27)31/h4-6,8-11,14-15H,3,7,12-13H2,1-2H3,(H,26,29). The third-order valence-corrected chi connectivity index (χ3v) is 5.24. The van der Waals surface area contributed by atoms with Crippen LogP contribution in [-0.2, 0) is 16.1 Å². The largest absolute Gasteiger partial charge is 0.462 e. The number of fused-ring (bicyclic) bond motifs is 1. The van der Waals surface area contributed by atoms with Gasteiger partial charge in [-0.15, -0.1) is 0 Å². The summed E-state index contributed by atoms with van der Waals surface area (Å²) in [7, 11) is 0. The number of esters is 1. The summed E-state index contributed by atoms with van der Waals surface area (Å²) >= 11 is 0. The highest BCUT2D eigenvalue weighted by atomic mass is 16.5. The van der Waals surface area contributed by atoms with Crippen molar-refractivity contribution in [1.29, 1.82) is 0 Å². The normalized spacial score (nSPS) is 11.0. The van der Waals surface area contributed by atoms with E-state index < -0.39 is 11.7 Å². The summed E-state index contributed by atoms with van der Waals surface area (Å²) in [5.74, 6) is -1.02. The minimum atomic E-state index is -0.430. The molecule has 1 N–H and O–H groups in total. The number of ether oxygens (including phenoxy) is 1. The molecule has 0 fully saturated rings. The second-order valence-corrected chi connectivity index (χ2v) is 7.47. The molecule has 0 aliphatic rings. The van der Waals surface area contributed by atoms with Gasteiger partial charge in [-0.3, -0.25) is 9.36 Å². The van der Waals surface area contributed by atoms with E-state index in [1.165, 1.54) is 10.8 Å². The van der Waals surface area contributed by atoms with Crippen molar-refractivity contribution in [3.05, 3.63) is 76.5 Å². The number of benzene rings is 2. The van der Waals surface area contributed by atoms with Gasteiger partial charge in [0.2, 0.25) is 5.91 Å². The SMILES string of the molecule is CCOC(=O)c1cnn(-c2cccc(NC(=O)CCCn3c(=O)oc4ccccc43)c2)c1C. The van der Waals surface area contributed by atoms with Crippen LogP contribution in [-0.4, -0.2) is 32.8 Å². The fraction of sp³-hybridized carbons (Fsp3) is 0.250. The van der Waals surface area contributed by atoms with E-state index in [-0.39, 0.29) is 18.9 Å². The Bertz CT molecular complexity index is 1360. The number of aromatic nitrogens is 3. The molecular formula is C24H24N4O5. The number of para-hydroxylation sites is 2. The van der Waals surface area contributed by atoms with Gasteiger partial charge in [-0.25, -0.2) is 14.3 Å². The summed E-state index contributed by atoms with van der Waals surface area (Å²) in [6, 6.07) is 14.4. The van der Waals surface area contributed by atoms with Crippen molar-refractivity contribution in [3.63, 3.8) is 0 Å². The highest BCUT2D eigenvalue weighted by molar-refractivity contribution is 5.91. The van der Waals surface area contributed by atoms with Crippen molar-refractivity contribution < 1.29 is 18.7 Å². The molecule has 2 aromatic carbocycles.